The number of amides is 3. The molecule has 6 nitrogen and oxygen atoms in total. The summed E-state index contributed by atoms with van der Waals surface area (Å²) < 4.78 is 0.965. The molecular formula is C17H20BrN3O3. The predicted octanol–water partition coefficient (Wildman–Crippen LogP) is 1.63. The Labute approximate surface area is 149 Å². The first-order valence-corrected chi connectivity index (χ1v) is 8.84. The number of halogens is 1. The Morgan fingerprint density at radius 1 is 1.21 bits per heavy atom. The lowest BCUT2D eigenvalue weighted by atomic mass is 10.2. The topological polar surface area (TPSA) is 69.7 Å². The van der Waals surface area contributed by atoms with Crippen LogP contribution in [-0.2, 0) is 14.4 Å². The summed E-state index contributed by atoms with van der Waals surface area (Å²) in [5.41, 5.74) is 1.76. The van der Waals surface area contributed by atoms with E-state index in [1.807, 2.05) is 25.1 Å². The Hall–Kier alpha value is -1.89. The minimum Gasteiger partial charge on any atom is -0.342 e. The van der Waals surface area contributed by atoms with E-state index in [0.717, 1.165) is 22.1 Å². The second-order valence-electron chi connectivity index (χ2n) is 6.36. The maximum Gasteiger partial charge on any atom is 0.228 e. The molecule has 3 amide bonds. The van der Waals surface area contributed by atoms with Crippen molar-refractivity contribution in [3.63, 3.8) is 0 Å². The van der Waals surface area contributed by atoms with Crippen molar-refractivity contribution < 1.29 is 14.4 Å². The van der Waals surface area contributed by atoms with Gasteiger partial charge in [-0.3, -0.25) is 14.4 Å². The number of carbonyl (C=O) groups excluding carboxylic acids is 3. The Balaban J connectivity index is 1.54. The monoisotopic (exact) mass is 393 g/mol. The highest BCUT2D eigenvalue weighted by molar-refractivity contribution is 9.10. The molecule has 1 aliphatic carbocycles. The number of hydrogen-bond donors (Lipinski definition) is 1. The molecule has 2 atom stereocenters. The lowest BCUT2D eigenvalue weighted by molar-refractivity contribution is -0.137. The molecule has 1 aliphatic heterocycles. The van der Waals surface area contributed by atoms with Crippen molar-refractivity contribution in [2.45, 2.75) is 13.3 Å². The van der Waals surface area contributed by atoms with Gasteiger partial charge in [-0.25, -0.2) is 0 Å². The molecule has 1 aromatic rings. The van der Waals surface area contributed by atoms with Gasteiger partial charge < -0.3 is 15.1 Å². The Morgan fingerprint density at radius 2 is 1.92 bits per heavy atom. The Bertz CT molecular complexity index is 671. The zero-order valence-corrected chi connectivity index (χ0v) is 15.1. The van der Waals surface area contributed by atoms with E-state index in [1.165, 1.54) is 0 Å². The molecule has 1 N–H and O–H groups in total. The van der Waals surface area contributed by atoms with Gasteiger partial charge in [0.1, 0.15) is 0 Å². The number of aryl methyl sites for hydroxylation is 1. The van der Waals surface area contributed by atoms with E-state index in [0.29, 0.717) is 32.6 Å². The second-order valence-corrected chi connectivity index (χ2v) is 7.28. The first-order valence-electron chi connectivity index (χ1n) is 8.04. The predicted molar refractivity (Wildman–Crippen MR) is 93.3 cm³/mol. The van der Waals surface area contributed by atoms with Crippen molar-refractivity contribution in [1.29, 1.82) is 0 Å². The van der Waals surface area contributed by atoms with Gasteiger partial charge in [0.05, 0.1) is 11.8 Å². The van der Waals surface area contributed by atoms with E-state index in [9.17, 15) is 14.4 Å². The number of nitrogens with zero attached hydrogens (tertiary/aromatic N) is 2. The van der Waals surface area contributed by atoms with Gasteiger partial charge in [-0.1, -0.05) is 15.9 Å². The van der Waals surface area contributed by atoms with E-state index in [1.54, 1.807) is 9.80 Å². The summed E-state index contributed by atoms with van der Waals surface area (Å²) in [6, 6.07) is 5.68. The van der Waals surface area contributed by atoms with Crippen LogP contribution < -0.4 is 5.32 Å². The van der Waals surface area contributed by atoms with Gasteiger partial charge in [-0.05, 0) is 37.1 Å². The standard InChI is InChI=1S/C17H20BrN3O3/c1-11-8-12(18)2-3-15(11)19-16(23)13-9-14(13)17(24)21-6-4-20(10-22)5-7-21/h2-3,8,10,13-14H,4-7,9H2,1H3,(H,19,23). The van der Waals surface area contributed by atoms with Crippen LogP contribution in [0.1, 0.15) is 12.0 Å². The maximum absolute atomic E-state index is 12.5. The highest BCUT2D eigenvalue weighted by Crippen LogP contribution is 2.41. The van der Waals surface area contributed by atoms with Crippen LogP contribution in [0.4, 0.5) is 5.69 Å². The lowest BCUT2D eigenvalue weighted by Crippen LogP contribution is -2.48. The van der Waals surface area contributed by atoms with Gasteiger partial charge in [0.15, 0.2) is 0 Å². The molecule has 3 rings (SSSR count). The third-order valence-corrected chi connectivity index (χ3v) is 5.16. The number of benzene rings is 1. The van der Waals surface area contributed by atoms with E-state index in [-0.39, 0.29) is 23.7 Å². The van der Waals surface area contributed by atoms with Crippen LogP contribution in [-0.4, -0.2) is 54.2 Å². The van der Waals surface area contributed by atoms with Gasteiger partial charge in [0.25, 0.3) is 0 Å². The average molecular weight is 394 g/mol. The number of piperazine rings is 1. The number of rotatable bonds is 4. The minimum absolute atomic E-state index is 0.0354. The number of hydrogen-bond acceptors (Lipinski definition) is 3. The van der Waals surface area contributed by atoms with Crippen molar-refractivity contribution in [1.82, 2.24) is 9.80 Å². The van der Waals surface area contributed by atoms with Gasteiger partial charge in [0.2, 0.25) is 18.2 Å². The van der Waals surface area contributed by atoms with Crippen LogP contribution in [0, 0.1) is 18.8 Å². The zero-order valence-electron chi connectivity index (χ0n) is 13.5. The van der Waals surface area contributed by atoms with Crippen LogP contribution >= 0.6 is 15.9 Å². The molecule has 128 valence electrons. The van der Waals surface area contributed by atoms with E-state index in [2.05, 4.69) is 21.2 Å². The summed E-state index contributed by atoms with van der Waals surface area (Å²) in [5, 5.41) is 2.92. The van der Waals surface area contributed by atoms with Crippen LogP contribution in [0.2, 0.25) is 0 Å². The van der Waals surface area contributed by atoms with E-state index in [4.69, 9.17) is 0 Å². The van der Waals surface area contributed by atoms with Gasteiger partial charge in [-0.2, -0.15) is 0 Å². The molecule has 2 aliphatic rings. The first-order chi connectivity index (χ1) is 11.5. The number of nitrogens with one attached hydrogen (secondary N) is 1. The lowest BCUT2D eigenvalue weighted by Gasteiger charge is -2.32. The summed E-state index contributed by atoms with van der Waals surface area (Å²) >= 11 is 3.40. The molecule has 0 radical (unpaired) electrons. The molecule has 1 saturated heterocycles. The molecule has 1 heterocycles. The highest BCUT2D eigenvalue weighted by Gasteiger charge is 2.49. The van der Waals surface area contributed by atoms with Gasteiger partial charge in [-0.15, -0.1) is 0 Å². The fourth-order valence-electron chi connectivity index (χ4n) is 3.03. The SMILES string of the molecule is Cc1cc(Br)ccc1NC(=O)C1CC1C(=O)N1CCN(C=O)CC1. The zero-order chi connectivity index (χ0) is 17.3. The van der Waals surface area contributed by atoms with E-state index < -0.39 is 0 Å². The van der Waals surface area contributed by atoms with Crippen molar-refractivity contribution in [2.24, 2.45) is 11.8 Å². The molecular weight excluding hydrogens is 374 g/mol. The fourth-order valence-corrected chi connectivity index (χ4v) is 3.51. The highest BCUT2D eigenvalue weighted by atomic mass is 79.9. The molecule has 2 unspecified atom stereocenters. The van der Waals surface area contributed by atoms with Crippen molar-refractivity contribution >= 4 is 39.8 Å². The average Bonchev–Trinajstić information content (AvgIpc) is 3.37. The van der Waals surface area contributed by atoms with Crippen LogP contribution in [0.15, 0.2) is 22.7 Å². The number of anilines is 1. The Morgan fingerprint density at radius 3 is 2.54 bits per heavy atom. The molecule has 0 aromatic heterocycles. The molecule has 0 spiro atoms. The second kappa shape index (κ2) is 6.93. The summed E-state index contributed by atoms with van der Waals surface area (Å²) in [6.45, 7) is 4.17. The molecule has 0 bridgehead atoms. The first kappa shape index (κ1) is 17.0. The largest absolute Gasteiger partial charge is 0.342 e. The maximum atomic E-state index is 12.5. The smallest absolute Gasteiger partial charge is 0.228 e. The van der Waals surface area contributed by atoms with E-state index >= 15 is 0 Å². The molecule has 24 heavy (non-hydrogen) atoms. The number of carbonyl (C=O) groups is 3. The third kappa shape index (κ3) is 3.61. The summed E-state index contributed by atoms with van der Waals surface area (Å²) in [6.07, 6.45) is 1.42. The third-order valence-electron chi connectivity index (χ3n) is 4.67. The summed E-state index contributed by atoms with van der Waals surface area (Å²) in [7, 11) is 0. The fraction of sp³-hybridized carbons (Fsp3) is 0.471. The van der Waals surface area contributed by atoms with Gasteiger partial charge in [0, 0.05) is 36.3 Å². The normalized spacial score (nSPS) is 22.9. The van der Waals surface area contributed by atoms with Crippen molar-refractivity contribution in [2.75, 3.05) is 31.5 Å². The molecule has 1 saturated carbocycles. The van der Waals surface area contributed by atoms with Gasteiger partial charge >= 0.3 is 0 Å². The van der Waals surface area contributed by atoms with Crippen LogP contribution in [0.3, 0.4) is 0 Å². The molecule has 7 heteroatoms. The minimum atomic E-state index is -0.246. The quantitative estimate of drug-likeness (QED) is 0.790. The van der Waals surface area contributed by atoms with Crippen molar-refractivity contribution in [3.05, 3.63) is 28.2 Å². The molecule has 2 fully saturated rings. The summed E-state index contributed by atoms with van der Waals surface area (Å²) in [4.78, 5) is 39.0. The van der Waals surface area contributed by atoms with Crippen molar-refractivity contribution in [3.8, 4) is 0 Å². The Kier molecular flexibility index (Phi) is 4.89. The van der Waals surface area contributed by atoms with Crippen LogP contribution in [0.25, 0.3) is 0 Å². The molecule has 1 aromatic carbocycles. The summed E-state index contributed by atoms with van der Waals surface area (Å²) in [5.74, 6) is -0.522. The van der Waals surface area contributed by atoms with Crippen LogP contribution in [0.5, 0.6) is 0 Å².